The first-order valence-electron chi connectivity index (χ1n) is 5.61. The molecule has 2 rings (SSSR count). The Labute approximate surface area is 95.4 Å². The fourth-order valence-corrected chi connectivity index (χ4v) is 1.94. The number of Topliss-reactive ketones (excluding diaryl/α,β-unsaturated/α-hetero) is 1. The summed E-state index contributed by atoms with van der Waals surface area (Å²) in [7, 11) is 0. The van der Waals surface area contributed by atoms with Gasteiger partial charge in [-0.1, -0.05) is 13.0 Å². The zero-order chi connectivity index (χ0) is 11.5. The van der Waals surface area contributed by atoms with Gasteiger partial charge in [-0.2, -0.15) is 0 Å². The van der Waals surface area contributed by atoms with Crippen molar-refractivity contribution in [3.8, 4) is 0 Å². The van der Waals surface area contributed by atoms with E-state index in [1.165, 1.54) is 0 Å². The maximum atomic E-state index is 12.1. The molecule has 1 unspecified atom stereocenters. The molecule has 84 valence electrons. The van der Waals surface area contributed by atoms with Crippen LogP contribution in [0.2, 0.25) is 0 Å². The Balaban J connectivity index is 2.23. The topological polar surface area (TPSA) is 56.0 Å². The number of allylic oxidation sites excluding steroid dienone is 2. The molecule has 16 heavy (non-hydrogen) atoms. The van der Waals surface area contributed by atoms with Crippen LogP contribution in [0.1, 0.15) is 36.5 Å². The minimum Gasteiger partial charge on any atom is -0.398 e. The summed E-state index contributed by atoms with van der Waals surface area (Å²) in [5.74, 6) is 0.722. The zero-order valence-corrected chi connectivity index (χ0v) is 9.44. The Hall–Kier alpha value is -1.64. The van der Waals surface area contributed by atoms with Gasteiger partial charge in [-0.15, -0.1) is 0 Å². The van der Waals surface area contributed by atoms with Crippen LogP contribution < -0.4 is 5.73 Å². The molecule has 0 fully saturated rings. The predicted molar refractivity (Wildman–Crippen MR) is 64.1 cm³/mol. The van der Waals surface area contributed by atoms with Crippen molar-refractivity contribution in [3.63, 3.8) is 0 Å². The highest BCUT2D eigenvalue weighted by molar-refractivity contribution is 6.11. The third kappa shape index (κ3) is 2.13. The lowest BCUT2D eigenvalue weighted by molar-refractivity contribution is 0.102. The smallest absolute Gasteiger partial charge is 0.192 e. The molecule has 0 aliphatic heterocycles. The number of carbonyl (C=O) groups excluding carboxylic acids is 1. The van der Waals surface area contributed by atoms with Crippen molar-refractivity contribution < 1.29 is 4.79 Å². The molecule has 3 nitrogen and oxygen atoms in total. The number of nitrogens with zero attached hydrogens (tertiary/aromatic N) is 1. The fraction of sp³-hybridized carbons (Fsp3) is 0.385. The van der Waals surface area contributed by atoms with E-state index in [4.69, 9.17) is 5.73 Å². The largest absolute Gasteiger partial charge is 0.398 e. The van der Waals surface area contributed by atoms with Gasteiger partial charge in [0.1, 0.15) is 0 Å². The van der Waals surface area contributed by atoms with Crippen LogP contribution in [-0.4, -0.2) is 10.8 Å². The van der Waals surface area contributed by atoms with Gasteiger partial charge in [-0.25, -0.2) is 0 Å². The maximum Gasteiger partial charge on any atom is 0.192 e. The van der Waals surface area contributed by atoms with Crippen LogP contribution in [0.5, 0.6) is 0 Å². The normalized spacial score (nSPS) is 20.3. The number of anilines is 1. The van der Waals surface area contributed by atoms with Gasteiger partial charge >= 0.3 is 0 Å². The van der Waals surface area contributed by atoms with Crippen molar-refractivity contribution in [2.75, 3.05) is 5.73 Å². The summed E-state index contributed by atoms with van der Waals surface area (Å²) in [6.45, 7) is 2.20. The Morgan fingerprint density at radius 1 is 1.56 bits per heavy atom. The SMILES string of the molecule is CC1CC=C(C(=O)c2cnccc2N)CC1. The second-order valence-corrected chi connectivity index (χ2v) is 4.40. The molecule has 0 bridgehead atoms. The molecule has 1 aliphatic rings. The summed E-state index contributed by atoms with van der Waals surface area (Å²) >= 11 is 0. The molecule has 1 aliphatic carbocycles. The number of aromatic nitrogens is 1. The van der Waals surface area contributed by atoms with Crippen LogP contribution in [0.4, 0.5) is 5.69 Å². The van der Waals surface area contributed by atoms with Crippen molar-refractivity contribution >= 4 is 11.5 Å². The lowest BCUT2D eigenvalue weighted by Crippen LogP contribution is -2.12. The monoisotopic (exact) mass is 216 g/mol. The standard InChI is InChI=1S/C13H16N2O/c1-9-2-4-10(5-3-9)13(16)11-8-15-7-6-12(11)14/h4,6-9H,2-3,5H2,1H3,(H2,14,15). The quantitative estimate of drug-likeness (QED) is 0.773. The van der Waals surface area contributed by atoms with Gasteiger partial charge in [0.05, 0.1) is 5.56 Å². The first-order chi connectivity index (χ1) is 7.68. The molecule has 1 aromatic heterocycles. The van der Waals surface area contributed by atoms with Crippen LogP contribution in [0.15, 0.2) is 30.1 Å². The molecule has 0 spiro atoms. The van der Waals surface area contributed by atoms with Crippen LogP contribution >= 0.6 is 0 Å². The molecular formula is C13H16N2O. The van der Waals surface area contributed by atoms with E-state index in [9.17, 15) is 4.79 Å². The first-order valence-corrected chi connectivity index (χ1v) is 5.61. The van der Waals surface area contributed by atoms with E-state index in [0.29, 0.717) is 17.2 Å². The minimum absolute atomic E-state index is 0.0394. The molecule has 0 aromatic carbocycles. The second-order valence-electron chi connectivity index (χ2n) is 4.40. The number of ketones is 1. The molecular weight excluding hydrogens is 200 g/mol. The summed E-state index contributed by atoms with van der Waals surface area (Å²) < 4.78 is 0. The van der Waals surface area contributed by atoms with Crippen molar-refractivity contribution in [2.45, 2.75) is 26.2 Å². The third-order valence-corrected chi connectivity index (χ3v) is 3.06. The van der Waals surface area contributed by atoms with Gasteiger partial charge in [0.2, 0.25) is 0 Å². The van der Waals surface area contributed by atoms with E-state index >= 15 is 0 Å². The van der Waals surface area contributed by atoms with E-state index in [0.717, 1.165) is 24.8 Å². The number of pyridine rings is 1. The highest BCUT2D eigenvalue weighted by Gasteiger charge is 2.18. The lowest BCUT2D eigenvalue weighted by Gasteiger charge is -2.17. The van der Waals surface area contributed by atoms with Crippen molar-refractivity contribution in [1.82, 2.24) is 4.98 Å². The summed E-state index contributed by atoms with van der Waals surface area (Å²) in [5, 5.41) is 0. The average molecular weight is 216 g/mol. The Morgan fingerprint density at radius 2 is 2.38 bits per heavy atom. The van der Waals surface area contributed by atoms with Crippen LogP contribution in [-0.2, 0) is 0 Å². The number of hydrogen-bond donors (Lipinski definition) is 1. The first kappa shape index (κ1) is 10.9. The van der Waals surface area contributed by atoms with E-state index in [1.54, 1.807) is 18.5 Å². The van der Waals surface area contributed by atoms with Gasteiger partial charge in [0.15, 0.2) is 5.78 Å². The number of rotatable bonds is 2. The van der Waals surface area contributed by atoms with Crippen molar-refractivity contribution in [2.24, 2.45) is 5.92 Å². The molecule has 1 aromatic rings. The van der Waals surface area contributed by atoms with Crippen LogP contribution in [0.3, 0.4) is 0 Å². The Bertz CT molecular complexity index is 437. The highest BCUT2D eigenvalue weighted by atomic mass is 16.1. The van der Waals surface area contributed by atoms with Gasteiger partial charge in [0.25, 0.3) is 0 Å². The second kappa shape index (κ2) is 4.47. The third-order valence-electron chi connectivity index (χ3n) is 3.06. The van der Waals surface area contributed by atoms with Crippen molar-refractivity contribution in [3.05, 3.63) is 35.7 Å². The molecule has 0 saturated carbocycles. The van der Waals surface area contributed by atoms with Gasteiger partial charge < -0.3 is 5.73 Å². The molecule has 0 radical (unpaired) electrons. The molecule has 1 atom stereocenters. The molecule has 1 heterocycles. The van der Waals surface area contributed by atoms with Gasteiger partial charge in [-0.3, -0.25) is 9.78 Å². The molecule has 2 N–H and O–H groups in total. The van der Waals surface area contributed by atoms with E-state index in [-0.39, 0.29) is 5.78 Å². The summed E-state index contributed by atoms with van der Waals surface area (Å²) in [6.07, 6.45) is 8.12. The number of hydrogen-bond acceptors (Lipinski definition) is 3. The zero-order valence-electron chi connectivity index (χ0n) is 9.44. The highest BCUT2D eigenvalue weighted by Crippen LogP contribution is 2.26. The Morgan fingerprint density at radius 3 is 3.00 bits per heavy atom. The van der Waals surface area contributed by atoms with Crippen LogP contribution in [0, 0.1) is 5.92 Å². The van der Waals surface area contributed by atoms with Crippen LogP contribution in [0.25, 0.3) is 0 Å². The maximum absolute atomic E-state index is 12.1. The Kier molecular flexibility index (Phi) is 3.04. The summed E-state index contributed by atoms with van der Waals surface area (Å²) in [4.78, 5) is 16.1. The summed E-state index contributed by atoms with van der Waals surface area (Å²) in [6, 6.07) is 1.67. The lowest BCUT2D eigenvalue weighted by atomic mass is 9.87. The van der Waals surface area contributed by atoms with E-state index < -0.39 is 0 Å². The number of nitrogen functional groups attached to an aromatic ring is 1. The van der Waals surface area contributed by atoms with E-state index in [2.05, 4.69) is 11.9 Å². The molecule has 3 heteroatoms. The minimum atomic E-state index is 0.0394. The summed E-state index contributed by atoms with van der Waals surface area (Å²) in [5.41, 5.74) is 7.70. The molecule has 0 saturated heterocycles. The van der Waals surface area contributed by atoms with Crippen molar-refractivity contribution in [1.29, 1.82) is 0 Å². The van der Waals surface area contributed by atoms with Gasteiger partial charge in [-0.05, 0) is 36.8 Å². The number of nitrogens with two attached hydrogens (primary N) is 1. The van der Waals surface area contributed by atoms with Gasteiger partial charge in [0, 0.05) is 18.1 Å². The molecule has 0 amide bonds. The predicted octanol–water partition coefficient (Wildman–Crippen LogP) is 2.59. The average Bonchev–Trinajstić information content (AvgIpc) is 2.30. The number of carbonyl (C=O) groups is 1. The van der Waals surface area contributed by atoms with E-state index in [1.807, 2.05) is 6.08 Å². The fourth-order valence-electron chi connectivity index (χ4n) is 1.94.